The molecular weight excluding hydrogens is 436 g/mol. The summed E-state index contributed by atoms with van der Waals surface area (Å²) >= 11 is 0. The van der Waals surface area contributed by atoms with Crippen LogP contribution in [0.15, 0.2) is 36.8 Å². The fourth-order valence-electron chi connectivity index (χ4n) is 3.60. The molecule has 8 nitrogen and oxygen atoms in total. The van der Waals surface area contributed by atoms with Gasteiger partial charge in [-0.1, -0.05) is 6.07 Å². The lowest BCUT2D eigenvalue weighted by atomic mass is 9.99. The highest BCUT2D eigenvalue weighted by molar-refractivity contribution is 5.73. The van der Waals surface area contributed by atoms with Crippen LogP contribution in [0.1, 0.15) is 25.0 Å². The van der Waals surface area contributed by atoms with E-state index in [9.17, 15) is 17.6 Å². The number of carboxylic acid groups (broad SMARTS) is 1. The quantitative estimate of drug-likeness (QED) is 0.683. The van der Waals surface area contributed by atoms with Crippen molar-refractivity contribution in [2.24, 2.45) is 0 Å². The molecule has 0 bridgehead atoms. The van der Waals surface area contributed by atoms with E-state index >= 15 is 0 Å². The normalized spacial score (nSPS) is 22.6. The molecular formula is C20H22F4N4O4. The Bertz CT molecular complexity index is 870. The van der Waals surface area contributed by atoms with Gasteiger partial charge in [0.1, 0.15) is 0 Å². The van der Waals surface area contributed by atoms with Crippen molar-refractivity contribution < 1.29 is 36.9 Å². The van der Waals surface area contributed by atoms with Gasteiger partial charge in [0.2, 0.25) is 5.95 Å². The van der Waals surface area contributed by atoms with Gasteiger partial charge < -0.3 is 19.5 Å². The minimum absolute atomic E-state index is 0.110. The first-order valence-corrected chi connectivity index (χ1v) is 9.91. The number of ether oxygens (including phenoxy) is 2. The van der Waals surface area contributed by atoms with Gasteiger partial charge in [0.15, 0.2) is 5.82 Å². The summed E-state index contributed by atoms with van der Waals surface area (Å²) in [6.45, 7) is 1.92. The van der Waals surface area contributed by atoms with Gasteiger partial charge in [-0.2, -0.15) is 13.2 Å². The van der Waals surface area contributed by atoms with Gasteiger partial charge >= 0.3 is 12.1 Å². The number of nitrogens with zero attached hydrogens (tertiary/aromatic N) is 4. The lowest BCUT2D eigenvalue weighted by Gasteiger charge is -2.35. The lowest BCUT2D eigenvalue weighted by molar-refractivity contribution is -0.192. The molecule has 174 valence electrons. The molecule has 0 amide bonds. The van der Waals surface area contributed by atoms with E-state index in [-0.39, 0.29) is 18.2 Å². The second-order valence-corrected chi connectivity index (χ2v) is 7.26. The fourth-order valence-corrected chi connectivity index (χ4v) is 3.60. The molecule has 0 unspecified atom stereocenters. The fraction of sp³-hybridized carbons (Fsp3) is 0.500. The molecule has 0 spiro atoms. The van der Waals surface area contributed by atoms with E-state index in [0.29, 0.717) is 19.2 Å². The zero-order valence-corrected chi connectivity index (χ0v) is 16.9. The molecule has 2 saturated heterocycles. The molecule has 2 aliphatic rings. The van der Waals surface area contributed by atoms with Crippen LogP contribution in [0.3, 0.4) is 0 Å². The molecule has 3 atom stereocenters. The van der Waals surface area contributed by atoms with Crippen molar-refractivity contribution >= 4 is 11.9 Å². The van der Waals surface area contributed by atoms with Crippen LogP contribution in [0.2, 0.25) is 0 Å². The van der Waals surface area contributed by atoms with Gasteiger partial charge in [0, 0.05) is 12.7 Å². The van der Waals surface area contributed by atoms with Crippen LogP contribution in [0.5, 0.6) is 0 Å². The van der Waals surface area contributed by atoms with Crippen molar-refractivity contribution in [1.29, 1.82) is 0 Å². The summed E-state index contributed by atoms with van der Waals surface area (Å²) in [6, 6.07) is 6.07. The largest absolute Gasteiger partial charge is 0.490 e. The number of anilines is 1. The number of carboxylic acids is 1. The van der Waals surface area contributed by atoms with E-state index in [0.717, 1.165) is 31.5 Å². The van der Waals surface area contributed by atoms with Gasteiger partial charge in [-0.25, -0.2) is 19.2 Å². The molecule has 4 rings (SSSR count). The van der Waals surface area contributed by atoms with Crippen LogP contribution >= 0.6 is 0 Å². The van der Waals surface area contributed by atoms with Crippen LogP contribution in [0.25, 0.3) is 0 Å². The number of hydrogen-bond acceptors (Lipinski definition) is 7. The number of carbonyl (C=O) groups is 1. The van der Waals surface area contributed by atoms with Crippen molar-refractivity contribution in [2.75, 3.05) is 18.1 Å². The predicted molar refractivity (Wildman–Crippen MR) is 103 cm³/mol. The molecule has 0 saturated carbocycles. The average Bonchev–Trinajstić information content (AvgIpc) is 3.18. The maximum Gasteiger partial charge on any atom is 0.490 e. The number of rotatable bonds is 5. The molecule has 0 aliphatic carbocycles. The molecule has 2 aromatic heterocycles. The molecule has 1 N–H and O–H groups in total. The minimum atomic E-state index is -5.08. The SMILES string of the molecule is Fc1cnc(N2CC[C@@H]3O[C@H](COCc4ccccn4)CC[C@@H]32)nc1.O=C(O)C(F)(F)F. The standard InChI is InChI=1S/C18H21FN4O2.C2HF3O2/c19-13-9-21-18(22-10-13)23-8-6-17-16(23)5-4-15(25-17)12-24-11-14-3-1-2-7-20-14;3-2(4,5)1(6)7/h1-3,7,9-10,15-17H,4-6,8,11-12H2;(H,6,7)/t15-,16-,17-;/m0./s1. The number of halogens is 4. The van der Waals surface area contributed by atoms with Crippen molar-refractivity contribution in [2.45, 2.75) is 50.3 Å². The van der Waals surface area contributed by atoms with E-state index in [4.69, 9.17) is 19.4 Å². The number of aliphatic carboxylic acids is 1. The van der Waals surface area contributed by atoms with Gasteiger partial charge in [-0.15, -0.1) is 0 Å². The first-order chi connectivity index (χ1) is 15.2. The van der Waals surface area contributed by atoms with Crippen LogP contribution in [-0.2, 0) is 20.9 Å². The Balaban J connectivity index is 0.000000360. The second-order valence-electron chi connectivity index (χ2n) is 7.26. The van der Waals surface area contributed by atoms with Crippen molar-refractivity contribution in [1.82, 2.24) is 15.0 Å². The molecule has 2 fully saturated rings. The van der Waals surface area contributed by atoms with E-state index in [2.05, 4.69) is 19.9 Å². The van der Waals surface area contributed by atoms with Gasteiger partial charge in [-0.3, -0.25) is 4.98 Å². The maximum atomic E-state index is 13.0. The van der Waals surface area contributed by atoms with Gasteiger partial charge in [0.25, 0.3) is 0 Å². The summed E-state index contributed by atoms with van der Waals surface area (Å²) in [5.74, 6) is -2.58. The number of hydrogen-bond donors (Lipinski definition) is 1. The molecule has 0 aromatic carbocycles. The predicted octanol–water partition coefficient (Wildman–Crippen LogP) is 2.99. The topological polar surface area (TPSA) is 97.7 Å². The third-order valence-corrected chi connectivity index (χ3v) is 5.02. The van der Waals surface area contributed by atoms with Gasteiger partial charge in [-0.05, 0) is 31.4 Å². The monoisotopic (exact) mass is 458 g/mol. The van der Waals surface area contributed by atoms with E-state index in [1.54, 1.807) is 6.20 Å². The van der Waals surface area contributed by atoms with Crippen LogP contribution in [0.4, 0.5) is 23.5 Å². The zero-order valence-electron chi connectivity index (χ0n) is 16.9. The van der Waals surface area contributed by atoms with Crippen LogP contribution in [-0.4, -0.2) is 63.6 Å². The first kappa shape index (κ1) is 23.8. The summed E-state index contributed by atoms with van der Waals surface area (Å²) in [7, 11) is 0. The Morgan fingerprint density at radius 1 is 1.19 bits per heavy atom. The number of aromatic nitrogens is 3. The lowest BCUT2D eigenvalue weighted by Crippen LogP contribution is -2.44. The Kier molecular flexibility index (Phi) is 7.91. The van der Waals surface area contributed by atoms with E-state index in [1.165, 1.54) is 12.4 Å². The molecule has 32 heavy (non-hydrogen) atoms. The first-order valence-electron chi connectivity index (χ1n) is 9.91. The molecule has 2 aliphatic heterocycles. The van der Waals surface area contributed by atoms with Crippen molar-refractivity contribution in [3.63, 3.8) is 0 Å². The highest BCUT2D eigenvalue weighted by Gasteiger charge is 2.41. The number of alkyl halides is 3. The Morgan fingerprint density at radius 2 is 1.91 bits per heavy atom. The molecule has 12 heteroatoms. The minimum Gasteiger partial charge on any atom is -0.475 e. The molecule has 4 heterocycles. The average molecular weight is 458 g/mol. The van der Waals surface area contributed by atoms with E-state index in [1.807, 2.05) is 18.2 Å². The summed E-state index contributed by atoms with van der Waals surface area (Å²) < 4.78 is 56.7. The summed E-state index contributed by atoms with van der Waals surface area (Å²) in [5.41, 5.74) is 0.927. The molecule has 0 radical (unpaired) electrons. The smallest absolute Gasteiger partial charge is 0.475 e. The highest BCUT2D eigenvalue weighted by Crippen LogP contribution is 2.33. The summed E-state index contributed by atoms with van der Waals surface area (Å²) in [4.78, 5) is 23.5. The summed E-state index contributed by atoms with van der Waals surface area (Å²) in [5, 5.41) is 7.12. The summed E-state index contributed by atoms with van der Waals surface area (Å²) in [6.07, 6.45) is 2.25. The highest BCUT2D eigenvalue weighted by atomic mass is 19.4. The van der Waals surface area contributed by atoms with Gasteiger partial charge in [0.05, 0.1) is 49.6 Å². The third kappa shape index (κ3) is 6.57. The Morgan fingerprint density at radius 3 is 2.53 bits per heavy atom. The van der Waals surface area contributed by atoms with Crippen LogP contribution < -0.4 is 4.90 Å². The van der Waals surface area contributed by atoms with E-state index < -0.39 is 18.0 Å². The second kappa shape index (κ2) is 10.6. The Hall–Kier alpha value is -2.86. The third-order valence-electron chi connectivity index (χ3n) is 5.02. The number of fused-ring (bicyclic) bond motifs is 1. The Labute approximate surface area is 181 Å². The van der Waals surface area contributed by atoms with Crippen LogP contribution in [0, 0.1) is 5.82 Å². The molecule has 2 aromatic rings. The van der Waals surface area contributed by atoms with Crippen molar-refractivity contribution in [3.8, 4) is 0 Å². The zero-order chi connectivity index (χ0) is 23.1. The maximum absolute atomic E-state index is 13.0. The van der Waals surface area contributed by atoms with Crippen molar-refractivity contribution in [3.05, 3.63) is 48.3 Å². The number of pyridine rings is 1.